The molecule has 0 saturated carbocycles. The molecule has 2 heterocycles. The average molecular weight is 479 g/mol. The summed E-state index contributed by atoms with van der Waals surface area (Å²) >= 11 is 1.07. The van der Waals surface area contributed by atoms with Crippen LogP contribution < -0.4 is 9.47 Å². The Bertz CT molecular complexity index is 1430. The third-order valence-electron chi connectivity index (χ3n) is 5.78. The van der Waals surface area contributed by atoms with Gasteiger partial charge in [0.25, 0.3) is 5.79 Å². The summed E-state index contributed by atoms with van der Waals surface area (Å²) in [5.74, 6) is -2.60. The second kappa shape index (κ2) is 8.51. The van der Waals surface area contributed by atoms with Gasteiger partial charge in [-0.1, -0.05) is 12.1 Å². The van der Waals surface area contributed by atoms with Gasteiger partial charge < -0.3 is 19.3 Å². The molecule has 172 valence electrons. The van der Waals surface area contributed by atoms with Crippen molar-refractivity contribution in [3.05, 3.63) is 88.7 Å². The number of rotatable bonds is 6. The molecule has 1 atom stereocenters. The van der Waals surface area contributed by atoms with Gasteiger partial charge in [0.05, 0.1) is 31.5 Å². The lowest BCUT2D eigenvalue weighted by atomic mass is 9.88. The Hall–Kier alpha value is -3.82. The summed E-state index contributed by atoms with van der Waals surface area (Å²) in [6, 6.07) is 16.3. The van der Waals surface area contributed by atoms with Crippen LogP contribution in [0.3, 0.4) is 0 Å². The second-order valence-electron chi connectivity index (χ2n) is 7.73. The van der Waals surface area contributed by atoms with E-state index in [2.05, 4.69) is 8.75 Å². The highest BCUT2D eigenvalue weighted by Gasteiger charge is 2.48. The van der Waals surface area contributed by atoms with E-state index in [0.29, 0.717) is 33.5 Å². The first-order chi connectivity index (χ1) is 16.4. The van der Waals surface area contributed by atoms with Crippen molar-refractivity contribution in [1.29, 1.82) is 0 Å². The van der Waals surface area contributed by atoms with Crippen LogP contribution >= 0.6 is 11.7 Å². The molecule has 4 aromatic rings. The van der Waals surface area contributed by atoms with E-state index in [9.17, 15) is 14.3 Å². The van der Waals surface area contributed by atoms with Gasteiger partial charge in [-0.3, -0.25) is 0 Å². The molecule has 0 fully saturated rings. The SMILES string of the molecule is COc1ccc(C2(O)OC(=O)C(c3ccc4nsnc4c3)=C2Cc2ccc(OC)c(F)c2)cc1. The molecule has 0 aliphatic carbocycles. The number of cyclic esters (lactones) is 1. The van der Waals surface area contributed by atoms with Crippen LogP contribution in [0.2, 0.25) is 0 Å². The number of hydrogen-bond donors (Lipinski definition) is 1. The first-order valence-corrected chi connectivity index (χ1v) is 11.0. The van der Waals surface area contributed by atoms with Crippen LogP contribution in [0.5, 0.6) is 11.5 Å². The number of aromatic nitrogens is 2. The molecule has 0 spiro atoms. The zero-order valence-corrected chi connectivity index (χ0v) is 19.1. The van der Waals surface area contributed by atoms with Crippen molar-refractivity contribution in [2.75, 3.05) is 14.2 Å². The lowest BCUT2D eigenvalue weighted by Crippen LogP contribution is -2.29. The Kier molecular flexibility index (Phi) is 5.51. The molecule has 34 heavy (non-hydrogen) atoms. The summed E-state index contributed by atoms with van der Waals surface area (Å²) in [6.07, 6.45) is 0.0534. The lowest BCUT2D eigenvalue weighted by Gasteiger charge is -2.26. The van der Waals surface area contributed by atoms with E-state index in [-0.39, 0.29) is 23.3 Å². The molecular formula is C25H19FN2O5S. The van der Waals surface area contributed by atoms with Crippen LogP contribution in [0.4, 0.5) is 4.39 Å². The van der Waals surface area contributed by atoms with E-state index in [0.717, 1.165) is 11.7 Å². The van der Waals surface area contributed by atoms with Gasteiger partial charge >= 0.3 is 5.97 Å². The normalized spacial score (nSPS) is 17.8. The van der Waals surface area contributed by atoms with Crippen LogP contribution in [0.1, 0.15) is 16.7 Å². The monoisotopic (exact) mass is 478 g/mol. The van der Waals surface area contributed by atoms with Crippen molar-refractivity contribution in [1.82, 2.24) is 8.75 Å². The van der Waals surface area contributed by atoms with E-state index in [1.165, 1.54) is 26.4 Å². The summed E-state index contributed by atoms with van der Waals surface area (Å²) < 4.78 is 38.7. The number of ether oxygens (including phenoxy) is 3. The van der Waals surface area contributed by atoms with Crippen LogP contribution in [-0.4, -0.2) is 34.0 Å². The summed E-state index contributed by atoms with van der Waals surface area (Å²) in [4.78, 5) is 13.1. The molecule has 0 radical (unpaired) electrons. The standard InChI is InChI=1S/C25H19FN2O5S/c1-31-17-7-5-16(6-8-17)25(30)18(11-14-3-10-22(32-2)19(26)12-14)23(24(29)33-25)15-4-9-20-21(13-15)28-34-27-20/h3-10,12-13,30H,11H2,1-2H3. The molecule has 5 rings (SSSR count). The molecule has 1 aromatic heterocycles. The van der Waals surface area contributed by atoms with Crippen LogP contribution in [0, 0.1) is 5.82 Å². The third kappa shape index (κ3) is 3.68. The summed E-state index contributed by atoms with van der Waals surface area (Å²) in [5.41, 5.74) is 3.21. The van der Waals surface area contributed by atoms with Crippen molar-refractivity contribution < 1.29 is 28.5 Å². The molecule has 1 unspecified atom stereocenters. The van der Waals surface area contributed by atoms with Crippen LogP contribution in [0.15, 0.2) is 66.2 Å². The minimum absolute atomic E-state index is 0.0534. The maximum Gasteiger partial charge on any atom is 0.342 e. The summed E-state index contributed by atoms with van der Waals surface area (Å²) in [7, 11) is 2.92. The van der Waals surface area contributed by atoms with E-state index in [1.54, 1.807) is 48.5 Å². The smallest absolute Gasteiger partial charge is 0.342 e. The van der Waals surface area contributed by atoms with Crippen molar-refractivity contribution in [3.63, 3.8) is 0 Å². The molecular weight excluding hydrogens is 459 g/mol. The largest absolute Gasteiger partial charge is 0.497 e. The minimum Gasteiger partial charge on any atom is -0.497 e. The Morgan fingerprint density at radius 2 is 1.76 bits per heavy atom. The molecule has 1 N–H and O–H groups in total. The zero-order valence-electron chi connectivity index (χ0n) is 18.2. The number of esters is 1. The van der Waals surface area contributed by atoms with E-state index in [4.69, 9.17) is 14.2 Å². The number of benzene rings is 3. The number of methoxy groups -OCH3 is 2. The number of hydrogen-bond acceptors (Lipinski definition) is 8. The lowest BCUT2D eigenvalue weighted by molar-refractivity contribution is -0.185. The van der Waals surface area contributed by atoms with E-state index >= 15 is 0 Å². The predicted octanol–water partition coefficient (Wildman–Crippen LogP) is 4.25. The highest BCUT2D eigenvalue weighted by atomic mass is 32.1. The number of halogens is 1. The highest BCUT2D eigenvalue weighted by molar-refractivity contribution is 7.00. The predicted molar refractivity (Wildman–Crippen MR) is 124 cm³/mol. The minimum atomic E-state index is -2.05. The fourth-order valence-corrected chi connectivity index (χ4v) is 4.57. The summed E-state index contributed by atoms with van der Waals surface area (Å²) in [6.45, 7) is 0. The Morgan fingerprint density at radius 3 is 2.47 bits per heavy atom. The van der Waals surface area contributed by atoms with Crippen molar-refractivity contribution in [3.8, 4) is 11.5 Å². The molecule has 1 aliphatic rings. The highest BCUT2D eigenvalue weighted by Crippen LogP contribution is 2.45. The van der Waals surface area contributed by atoms with Crippen molar-refractivity contribution in [2.45, 2.75) is 12.2 Å². The summed E-state index contributed by atoms with van der Waals surface area (Å²) in [5, 5.41) is 11.7. The molecule has 0 bridgehead atoms. The topological polar surface area (TPSA) is 90.8 Å². The van der Waals surface area contributed by atoms with Gasteiger partial charge in [0.15, 0.2) is 11.6 Å². The van der Waals surface area contributed by atoms with Gasteiger partial charge in [-0.05, 0) is 59.7 Å². The van der Waals surface area contributed by atoms with Crippen LogP contribution in [-0.2, 0) is 21.7 Å². The van der Waals surface area contributed by atoms with E-state index < -0.39 is 17.6 Å². The molecule has 0 saturated heterocycles. The maximum absolute atomic E-state index is 14.4. The second-order valence-corrected chi connectivity index (χ2v) is 8.26. The first-order valence-electron chi connectivity index (χ1n) is 10.3. The van der Waals surface area contributed by atoms with Gasteiger partial charge in [0, 0.05) is 17.6 Å². The number of fused-ring (bicyclic) bond motifs is 1. The van der Waals surface area contributed by atoms with Gasteiger partial charge in [0.2, 0.25) is 0 Å². The molecule has 1 aliphatic heterocycles. The number of nitrogens with zero attached hydrogens (tertiary/aromatic N) is 2. The molecule has 0 amide bonds. The molecule has 9 heteroatoms. The Morgan fingerprint density at radius 1 is 1.00 bits per heavy atom. The fraction of sp³-hybridized carbons (Fsp3) is 0.160. The average Bonchev–Trinajstić information content (AvgIpc) is 3.41. The maximum atomic E-state index is 14.4. The van der Waals surface area contributed by atoms with Gasteiger partial charge in [-0.25, -0.2) is 9.18 Å². The van der Waals surface area contributed by atoms with Crippen LogP contribution in [0.25, 0.3) is 16.6 Å². The molecule has 3 aromatic carbocycles. The number of aliphatic hydroxyl groups is 1. The first kappa shape index (κ1) is 22.0. The van der Waals surface area contributed by atoms with Crippen molar-refractivity contribution in [2.24, 2.45) is 0 Å². The quantitative estimate of drug-likeness (QED) is 0.415. The van der Waals surface area contributed by atoms with Gasteiger partial charge in [-0.15, -0.1) is 0 Å². The Labute approximate surface area is 198 Å². The number of carbonyl (C=O) groups excluding carboxylic acids is 1. The van der Waals surface area contributed by atoms with Gasteiger partial charge in [-0.2, -0.15) is 8.75 Å². The third-order valence-corrected chi connectivity index (χ3v) is 6.33. The zero-order chi connectivity index (χ0) is 23.9. The van der Waals surface area contributed by atoms with E-state index in [1.807, 2.05) is 0 Å². The number of carbonyl (C=O) groups is 1. The van der Waals surface area contributed by atoms with Crippen molar-refractivity contribution >= 4 is 34.3 Å². The molecule has 7 nitrogen and oxygen atoms in total. The van der Waals surface area contributed by atoms with Gasteiger partial charge in [0.1, 0.15) is 16.8 Å². The Balaban J connectivity index is 1.68. The fourth-order valence-electron chi connectivity index (χ4n) is 4.05.